The first-order valence-corrected chi connectivity index (χ1v) is 5.99. The largest absolute Gasteiger partial charge is 0.416 e. The molecule has 8 heteroatoms. The van der Waals surface area contributed by atoms with Gasteiger partial charge in [-0.05, 0) is 30.4 Å². The van der Waals surface area contributed by atoms with Crippen molar-refractivity contribution in [3.8, 4) is 11.4 Å². The molecule has 0 aliphatic heterocycles. The second-order valence-electron chi connectivity index (χ2n) is 3.60. The Morgan fingerprint density at radius 2 is 2.06 bits per heavy atom. The molecule has 0 radical (unpaired) electrons. The summed E-state index contributed by atoms with van der Waals surface area (Å²) >= 11 is 8.14. The molecule has 18 heavy (non-hydrogen) atoms. The fourth-order valence-electron chi connectivity index (χ4n) is 1.46. The Hall–Kier alpha value is -1.15. The molecule has 0 amide bonds. The molecule has 3 nitrogen and oxygen atoms in total. The number of hydrogen-bond acceptors (Lipinski definition) is 2. The Morgan fingerprint density at radius 1 is 1.39 bits per heavy atom. The average Bonchev–Trinajstić information content (AvgIpc) is 2.59. The Bertz CT molecular complexity index is 645. The first kappa shape index (κ1) is 13.3. The monoisotopic (exact) mass is 337 g/mol. The Morgan fingerprint density at radius 3 is 2.56 bits per heavy atom. The van der Waals surface area contributed by atoms with Crippen molar-refractivity contribution < 1.29 is 13.2 Å². The van der Waals surface area contributed by atoms with E-state index in [1.54, 1.807) is 7.05 Å². The Labute approximate surface area is 114 Å². The van der Waals surface area contributed by atoms with E-state index in [9.17, 15) is 13.2 Å². The van der Waals surface area contributed by atoms with E-state index in [2.05, 4.69) is 26.1 Å². The molecule has 1 aromatic carbocycles. The molecule has 0 saturated heterocycles. The van der Waals surface area contributed by atoms with Crippen LogP contribution in [0.4, 0.5) is 13.2 Å². The zero-order valence-corrected chi connectivity index (χ0v) is 11.4. The summed E-state index contributed by atoms with van der Waals surface area (Å²) in [5.41, 5.74) is -0.394. The van der Waals surface area contributed by atoms with Crippen LogP contribution in [0.1, 0.15) is 5.56 Å². The molecular weight excluding hydrogens is 331 g/mol. The molecule has 0 spiro atoms. The van der Waals surface area contributed by atoms with Gasteiger partial charge in [0.05, 0.1) is 5.56 Å². The minimum Gasteiger partial charge on any atom is -0.303 e. The molecule has 0 unspecified atom stereocenters. The Balaban J connectivity index is 2.64. The highest BCUT2D eigenvalue weighted by Gasteiger charge is 2.31. The summed E-state index contributed by atoms with van der Waals surface area (Å²) in [6.45, 7) is 0. The van der Waals surface area contributed by atoms with E-state index in [4.69, 9.17) is 12.2 Å². The van der Waals surface area contributed by atoms with E-state index in [0.29, 0.717) is 20.6 Å². The highest BCUT2D eigenvalue weighted by molar-refractivity contribution is 9.10. The van der Waals surface area contributed by atoms with Crippen LogP contribution in [0, 0.1) is 4.77 Å². The zero-order valence-electron chi connectivity index (χ0n) is 9.05. The number of aromatic nitrogens is 3. The highest BCUT2D eigenvalue weighted by atomic mass is 79.9. The summed E-state index contributed by atoms with van der Waals surface area (Å²) < 4.78 is 40.3. The van der Waals surface area contributed by atoms with Crippen molar-refractivity contribution in [2.45, 2.75) is 6.18 Å². The number of nitrogens with one attached hydrogen (secondary N) is 1. The third kappa shape index (κ3) is 2.35. The SMILES string of the molecule is Cn1c(-c2cc(C(F)(F)F)ccc2Br)n[nH]c1=S. The van der Waals surface area contributed by atoms with Crippen LogP contribution in [-0.2, 0) is 13.2 Å². The van der Waals surface area contributed by atoms with Crippen molar-refractivity contribution >= 4 is 28.1 Å². The summed E-state index contributed by atoms with van der Waals surface area (Å²) in [7, 11) is 1.63. The highest BCUT2D eigenvalue weighted by Crippen LogP contribution is 2.35. The van der Waals surface area contributed by atoms with Gasteiger partial charge in [0, 0.05) is 17.1 Å². The van der Waals surface area contributed by atoms with Gasteiger partial charge in [0.25, 0.3) is 0 Å². The van der Waals surface area contributed by atoms with Crippen LogP contribution in [-0.4, -0.2) is 14.8 Å². The van der Waals surface area contributed by atoms with Gasteiger partial charge in [-0.1, -0.05) is 15.9 Å². The van der Waals surface area contributed by atoms with Crippen molar-refractivity contribution in [1.29, 1.82) is 0 Å². The summed E-state index contributed by atoms with van der Waals surface area (Å²) in [5, 5.41) is 6.45. The van der Waals surface area contributed by atoms with Crippen LogP contribution in [0.5, 0.6) is 0 Å². The number of aromatic amines is 1. The van der Waals surface area contributed by atoms with Gasteiger partial charge in [0.15, 0.2) is 10.6 Å². The van der Waals surface area contributed by atoms with E-state index in [0.717, 1.165) is 12.1 Å². The van der Waals surface area contributed by atoms with Crippen molar-refractivity contribution in [1.82, 2.24) is 14.8 Å². The molecule has 0 aliphatic rings. The van der Waals surface area contributed by atoms with E-state index in [1.165, 1.54) is 10.6 Å². The summed E-state index contributed by atoms with van der Waals surface area (Å²) in [6, 6.07) is 3.39. The molecule has 1 aromatic heterocycles. The number of hydrogen-bond donors (Lipinski definition) is 1. The van der Waals surface area contributed by atoms with Gasteiger partial charge < -0.3 is 4.57 Å². The van der Waals surface area contributed by atoms with Gasteiger partial charge in [-0.15, -0.1) is 0 Å². The smallest absolute Gasteiger partial charge is 0.303 e. The minimum atomic E-state index is -4.39. The molecular formula is C10H7BrF3N3S. The maximum absolute atomic E-state index is 12.7. The molecule has 0 aliphatic carbocycles. The molecule has 0 saturated carbocycles. The quantitative estimate of drug-likeness (QED) is 0.800. The van der Waals surface area contributed by atoms with E-state index in [-0.39, 0.29) is 0 Å². The van der Waals surface area contributed by atoms with Crippen molar-refractivity contribution in [2.24, 2.45) is 7.05 Å². The fraction of sp³-hybridized carbons (Fsp3) is 0.200. The van der Waals surface area contributed by atoms with Gasteiger partial charge >= 0.3 is 6.18 Å². The molecule has 0 fully saturated rings. The minimum absolute atomic E-state index is 0.333. The van der Waals surface area contributed by atoms with Gasteiger partial charge in [-0.3, -0.25) is 5.10 Å². The van der Waals surface area contributed by atoms with E-state index < -0.39 is 11.7 Å². The standard InChI is InChI=1S/C10H7BrF3N3S/c1-17-8(15-16-9(17)18)6-4-5(10(12,13)14)2-3-7(6)11/h2-4H,1H3,(H,16,18). The lowest BCUT2D eigenvalue weighted by molar-refractivity contribution is -0.137. The number of alkyl halides is 3. The van der Waals surface area contributed by atoms with Crippen molar-refractivity contribution in [3.63, 3.8) is 0 Å². The summed E-state index contributed by atoms with van der Waals surface area (Å²) in [6.07, 6.45) is -4.39. The number of H-pyrrole nitrogens is 1. The van der Waals surface area contributed by atoms with Gasteiger partial charge in [-0.2, -0.15) is 18.3 Å². The second-order valence-corrected chi connectivity index (χ2v) is 4.84. The third-order valence-electron chi connectivity index (χ3n) is 2.41. The summed E-state index contributed by atoms with van der Waals surface area (Å²) in [4.78, 5) is 0. The van der Waals surface area contributed by atoms with Crippen LogP contribution < -0.4 is 0 Å². The van der Waals surface area contributed by atoms with Gasteiger partial charge in [0.2, 0.25) is 0 Å². The normalized spacial score (nSPS) is 11.8. The lowest BCUT2D eigenvalue weighted by Crippen LogP contribution is -2.05. The maximum Gasteiger partial charge on any atom is 0.416 e. The van der Waals surface area contributed by atoms with Crippen LogP contribution >= 0.6 is 28.1 Å². The topological polar surface area (TPSA) is 33.6 Å². The van der Waals surface area contributed by atoms with E-state index >= 15 is 0 Å². The van der Waals surface area contributed by atoms with Gasteiger partial charge in [-0.25, -0.2) is 0 Å². The third-order valence-corrected chi connectivity index (χ3v) is 3.47. The molecule has 96 valence electrons. The molecule has 0 bridgehead atoms. The van der Waals surface area contributed by atoms with Crippen LogP contribution in [0.15, 0.2) is 22.7 Å². The predicted molar refractivity (Wildman–Crippen MR) is 66.5 cm³/mol. The second kappa shape index (κ2) is 4.51. The Kier molecular flexibility index (Phi) is 3.33. The van der Waals surface area contributed by atoms with E-state index in [1.807, 2.05) is 0 Å². The van der Waals surface area contributed by atoms with Crippen LogP contribution in [0.2, 0.25) is 0 Å². The number of nitrogens with zero attached hydrogens (tertiary/aromatic N) is 2. The van der Waals surface area contributed by atoms with Crippen LogP contribution in [0.3, 0.4) is 0 Å². The van der Waals surface area contributed by atoms with Crippen molar-refractivity contribution in [2.75, 3.05) is 0 Å². The average molecular weight is 338 g/mol. The fourth-order valence-corrected chi connectivity index (χ4v) is 2.02. The number of benzene rings is 1. The molecule has 0 atom stereocenters. The van der Waals surface area contributed by atoms with Gasteiger partial charge in [0.1, 0.15) is 0 Å². The molecule has 1 N–H and O–H groups in total. The molecule has 2 rings (SSSR count). The lowest BCUT2D eigenvalue weighted by Gasteiger charge is -2.10. The van der Waals surface area contributed by atoms with Crippen LogP contribution in [0.25, 0.3) is 11.4 Å². The number of halogens is 4. The molecule has 1 heterocycles. The first-order chi connectivity index (χ1) is 8.30. The predicted octanol–water partition coefficient (Wildman–Crippen LogP) is 3.93. The summed E-state index contributed by atoms with van der Waals surface area (Å²) in [5.74, 6) is 0.345. The number of rotatable bonds is 1. The molecule has 2 aromatic rings. The lowest BCUT2D eigenvalue weighted by atomic mass is 10.1. The zero-order chi connectivity index (χ0) is 13.5. The maximum atomic E-state index is 12.7. The first-order valence-electron chi connectivity index (χ1n) is 4.79. The van der Waals surface area contributed by atoms with Crippen molar-refractivity contribution in [3.05, 3.63) is 33.0 Å².